The van der Waals surface area contributed by atoms with E-state index < -0.39 is 0 Å². The molecule has 0 aliphatic rings. The first-order valence-corrected chi connectivity index (χ1v) is 9.28. The van der Waals surface area contributed by atoms with Crippen LogP contribution in [-0.2, 0) is 11.2 Å². The van der Waals surface area contributed by atoms with Crippen LogP contribution < -0.4 is 0 Å². The molecule has 1 atom stereocenters. The minimum atomic E-state index is -0.216. The number of carbonyl (C=O) groups is 2. The maximum atomic E-state index is 12.5. The summed E-state index contributed by atoms with van der Waals surface area (Å²) in [5.41, 5.74) is 2.41. The molecule has 6 heteroatoms. The summed E-state index contributed by atoms with van der Waals surface area (Å²) in [7, 11) is 0. The van der Waals surface area contributed by atoms with Gasteiger partial charge >= 0.3 is 0 Å². The first-order chi connectivity index (χ1) is 11.5. The van der Waals surface area contributed by atoms with E-state index in [0.717, 1.165) is 20.8 Å². The molecule has 2 heterocycles. The fourth-order valence-corrected chi connectivity index (χ4v) is 4.21. The number of Topliss-reactive ketones (excluding diaryl/α,β-unsaturated/α-hetero) is 2. The van der Waals surface area contributed by atoms with E-state index in [9.17, 15) is 9.59 Å². The molecule has 3 aromatic rings. The van der Waals surface area contributed by atoms with Crippen molar-refractivity contribution in [3.05, 3.63) is 53.2 Å². The summed E-state index contributed by atoms with van der Waals surface area (Å²) < 4.78 is 1.01. The summed E-state index contributed by atoms with van der Waals surface area (Å²) in [6, 6.07) is 9.20. The van der Waals surface area contributed by atoms with E-state index in [2.05, 4.69) is 9.97 Å². The number of rotatable bonds is 6. The van der Waals surface area contributed by atoms with Gasteiger partial charge in [0.15, 0.2) is 5.78 Å². The summed E-state index contributed by atoms with van der Waals surface area (Å²) in [4.78, 5) is 32.5. The van der Waals surface area contributed by atoms with E-state index >= 15 is 0 Å². The largest absolute Gasteiger partial charge is 0.298 e. The molecule has 0 aliphatic carbocycles. The summed E-state index contributed by atoms with van der Waals surface area (Å²) >= 11 is 3.04. The Balaban J connectivity index is 1.72. The van der Waals surface area contributed by atoms with E-state index in [4.69, 9.17) is 0 Å². The molecule has 0 radical (unpaired) electrons. The quantitative estimate of drug-likeness (QED) is 0.377. The van der Waals surface area contributed by atoms with Crippen molar-refractivity contribution in [3.8, 4) is 0 Å². The minimum absolute atomic E-state index is 0.00722. The van der Waals surface area contributed by atoms with Gasteiger partial charge in [-0.1, -0.05) is 30.0 Å². The molecule has 0 bridgehead atoms. The zero-order valence-electron chi connectivity index (χ0n) is 13.4. The average Bonchev–Trinajstić information content (AvgIpc) is 3.04. The number of hydrogen-bond donors (Lipinski definition) is 0. The third kappa shape index (κ3) is 3.71. The van der Waals surface area contributed by atoms with Crippen LogP contribution in [-0.4, -0.2) is 26.8 Å². The summed E-state index contributed by atoms with van der Waals surface area (Å²) in [6.07, 6.45) is 1.85. The Morgan fingerprint density at radius 3 is 2.88 bits per heavy atom. The van der Waals surface area contributed by atoms with Gasteiger partial charge in [0.25, 0.3) is 0 Å². The molecular formula is C18H16N2O2S2. The van der Waals surface area contributed by atoms with Gasteiger partial charge in [-0.05, 0) is 36.9 Å². The molecule has 0 saturated carbocycles. The van der Waals surface area contributed by atoms with Crippen molar-refractivity contribution in [2.75, 3.05) is 0 Å². The average molecular weight is 356 g/mol. The topological polar surface area (TPSA) is 59.9 Å². The molecule has 0 fully saturated rings. The number of carbonyl (C=O) groups excluding carboxylic acids is 2. The van der Waals surface area contributed by atoms with Crippen LogP contribution in [0.5, 0.6) is 0 Å². The number of benzene rings is 1. The Bertz CT molecular complexity index is 905. The smallest absolute Gasteiger partial charge is 0.159 e. The third-order valence-corrected chi connectivity index (χ3v) is 5.85. The molecule has 1 unspecified atom stereocenters. The second-order valence-corrected chi connectivity index (χ2v) is 7.72. The lowest BCUT2D eigenvalue weighted by Crippen LogP contribution is -2.16. The Hall–Kier alpha value is -2.05. The Morgan fingerprint density at radius 1 is 1.25 bits per heavy atom. The summed E-state index contributed by atoms with van der Waals surface area (Å²) in [5.74, 6) is 0.122. The number of hydrogen-bond acceptors (Lipinski definition) is 6. The molecule has 122 valence electrons. The van der Waals surface area contributed by atoms with Crippen LogP contribution in [0.3, 0.4) is 0 Å². The predicted molar refractivity (Wildman–Crippen MR) is 97.9 cm³/mol. The molecule has 0 spiro atoms. The fourth-order valence-electron chi connectivity index (χ4n) is 2.33. The van der Waals surface area contributed by atoms with Crippen molar-refractivity contribution in [3.63, 3.8) is 0 Å². The number of aromatic nitrogens is 2. The van der Waals surface area contributed by atoms with Gasteiger partial charge in [0.05, 0.1) is 15.5 Å². The van der Waals surface area contributed by atoms with E-state index in [1.165, 1.54) is 25.0 Å². The van der Waals surface area contributed by atoms with Gasteiger partial charge in [-0.15, -0.1) is 11.3 Å². The highest BCUT2D eigenvalue weighted by atomic mass is 32.2. The highest BCUT2D eigenvalue weighted by molar-refractivity contribution is 8.00. The second-order valence-electron chi connectivity index (χ2n) is 5.47. The van der Waals surface area contributed by atoms with Crippen molar-refractivity contribution >= 4 is 44.9 Å². The molecule has 3 rings (SSSR count). The Morgan fingerprint density at radius 2 is 2.08 bits per heavy atom. The van der Waals surface area contributed by atoms with Crippen molar-refractivity contribution in [1.29, 1.82) is 0 Å². The molecule has 2 aromatic heterocycles. The van der Waals surface area contributed by atoms with Crippen LogP contribution in [0.15, 0.2) is 47.1 Å². The molecule has 0 N–H and O–H groups in total. The number of thioether (sulfide) groups is 1. The highest BCUT2D eigenvalue weighted by Gasteiger charge is 2.18. The monoisotopic (exact) mass is 356 g/mol. The van der Waals surface area contributed by atoms with Crippen LogP contribution in [0, 0.1) is 0 Å². The van der Waals surface area contributed by atoms with Gasteiger partial charge in [-0.3, -0.25) is 9.59 Å². The van der Waals surface area contributed by atoms with Gasteiger partial charge in [-0.25, -0.2) is 9.97 Å². The lowest BCUT2D eigenvalue weighted by atomic mass is 10.0. The van der Waals surface area contributed by atoms with Crippen molar-refractivity contribution in [2.45, 2.75) is 30.5 Å². The highest BCUT2D eigenvalue weighted by Crippen LogP contribution is 2.31. The fraction of sp³-hybridized carbons (Fsp3) is 0.222. The van der Waals surface area contributed by atoms with Crippen LogP contribution in [0.4, 0.5) is 0 Å². The lowest BCUT2D eigenvalue weighted by Gasteiger charge is -2.10. The van der Waals surface area contributed by atoms with Gasteiger partial charge in [0.1, 0.15) is 17.1 Å². The molecule has 0 saturated heterocycles. The zero-order chi connectivity index (χ0) is 17.1. The number of ketones is 2. The molecule has 0 aliphatic heterocycles. The number of fused-ring (bicyclic) bond motifs is 1. The van der Waals surface area contributed by atoms with Gasteiger partial charge < -0.3 is 0 Å². The first-order valence-electron chi connectivity index (χ1n) is 7.52. The van der Waals surface area contributed by atoms with E-state index in [1.807, 2.05) is 30.5 Å². The number of thiophene rings is 1. The van der Waals surface area contributed by atoms with Crippen LogP contribution in [0.1, 0.15) is 29.8 Å². The maximum absolute atomic E-state index is 12.5. The van der Waals surface area contributed by atoms with Gasteiger partial charge in [0, 0.05) is 12.0 Å². The zero-order valence-corrected chi connectivity index (χ0v) is 15.0. The van der Waals surface area contributed by atoms with E-state index in [0.29, 0.717) is 12.0 Å². The van der Waals surface area contributed by atoms with Crippen LogP contribution in [0.25, 0.3) is 10.2 Å². The molecule has 0 amide bonds. The lowest BCUT2D eigenvalue weighted by molar-refractivity contribution is -0.117. The van der Waals surface area contributed by atoms with E-state index in [1.54, 1.807) is 23.5 Å². The van der Waals surface area contributed by atoms with Crippen molar-refractivity contribution < 1.29 is 9.59 Å². The Kier molecular flexibility index (Phi) is 5.06. The molecular weight excluding hydrogens is 340 g/mol. The molecule has 1 aromatic carbocycles. The predicted octanol–water partition coefficient (Wildman–Crippen LogP) is 4.19. The van der Waals surface area contributed by atoms with Gasteiger partial charge in [-0.2, -0.15) is 0 Å². The first kappa shape index (κ1) is 16.8. The Labute approximate surface area is 148 Å². The normalized spacial score (nSPS) is 12.2. The SMILES string of the molecule is CC(=O)c1cccc(CC(=O)C(C)Sc2ncnc3ccsc23)c1. The standard InChI is InChI=1S/C18H16N2O2S2/c1-11(21)14-5-3-4-13(8-14)9-16(22)12(2)24-18-17-15(6-7-23-17)19-10-20-18/h3-8,10,12H,9H2,1-2H3. The number of nitrogens with zero attached hydrogens (tertiary/aromatic N) is 2. The summed E-state index contributed by atoms with van der Waals surface area (Å²) in [5, 5.41) is 2.60. The summed E-state index contributed by atoms with van der Waals surface area (Å²) in [6.45, 7) is 3.42. The van der Waals surface area contributed by atoms with Crippen LogP contribution in [0.2, 0.25) is 0 Å². The van der Waals surface area contributed by atoms with Crippen LogP contribution >= 0.6 is 23.1 Å². The second kappa shape index (κ2) is 7.23. The van der Waals surface area contributed by atoms with Gasteiger partial charge in [0.2, 0.25) is 0 Å². The molecule has 24 heavy (non-hydrogen) atoms. The van der Waals surface area contributed by atoms with Crippen molar-refractivity contribution in [2.24, 2.45) is 0 Å². The molecule has 4 nitrogen and oxygen atoms in total. The maximum Gasteiger partial charge on any atom is 0.159 e. The van der Waals surface area contributed by atoms with E-state index in [-0.39, 0.29) is 16.8 Å². The van der Waals surface area contributed by atoms with Crippen molar-refractivity contribution in [1.82, 2.24) is 9.97 Å². The third-order valence-electron chi connectivity index (χ3n) is 3.66. The minimum Gasteiger partial charge on any atom is -0.298 e.